The summed E-state index contributed by atoms with van der Waals surface area (Å²) in [5.41, 5.74) is -0.265. The van der Waals surface area contributed by atoms with Gasteiger partial charge < -0.3 is 14.6 Å². The largest absolute Gasteiger partial charge is 0.477 e. The van der Waals surface area contributed by atoms with Crippen LogP contribution in [0.3, 0.4) is 0 Å². The van der Waals surface area contributed by atoms with E-state index in [0.29, 0.717) is 10.5 Å². The van der Waals surface area contributed by atoms with Crippen LogP contribution >= 0.6 is 23.2 Å². The van der Waals surface area contributed by atoms with Crippen LogP contribution in [0.1, 0.15) is 12.5 Å². The van der Waals surface area contributed by atoms with Gasteiger partial charge in [0.05, 0.1) is 15.3 Å². The molecule has 1 amide bonds. The number of rotatable bonds is 6. The van der Waals surface area contributed by atoms with E-state index in [4.69, 9.17) is 32.7 Å². The highest BCUT2D eigenvalue weighted by Crippen LogP contribution is 2.42. The highest BCUT2D eigenvalue weighted by atomic mass is 35.5. The molecule has 2 aliphatic rings. The van der Waals surface area contributed by atoms with Gasteiger partial charge in [0.25, 0.3) is 5.91 Å². The zero-order valence-corrected chi connectivity index (χ0v) is 18.1. The molecule has 0 aromatic heterocycles. The third-order valence-electron chi connectivity index (χ3n) is 4.95. The molecule has 1 saturated heterocycles. The van der Waals surface area contributed by atoms with Crippen molar-refractivity contribution in [3.63, 3.8) is 0 Å². The van der Waals surface area contributed by atoms with Crippen molar-refractivity contribution in [2.45, 2.75) is 30.1 Å². The number of fused-ring (bicyclic) bond motifs is 1. The lowest BCUT2D eigenvalue weighted by Gasteiger charge is -2.50. The van der Waals surface area contributed by atoms with Crippen LogP contribution in [0.15, 0.2) is 29.5 Å². The number of aliphatic carboxylic acids is 1. The Labute approximate surface area is 182 Å². The van der Waals surface area contributed by atoms with E-state index in [1.54, 1.807) is 6.07 Å². The minimum atomic E-state index is -4.15. The first-order chi connectivity index (χ1) is 14.0. The average Bonchev–Trinajstić information content (AvgIpc) is 2.65. The van der Waals surface area contributed by atoms with E-state index in [2.05, 4.69) is 0 Å². The molecule has 2 heterocycles. The molecule has 1 aromatic rings. The standard InChI is InChI=1S/C18H17Cl2NO8S/c1-8(22)29-7-10-13(6-9-3-4-11(19)12(20)5-9)30(26,27)17-15(28-2)16(23)21(17)14(10)18(24)25/h3-5,13,15,17H,6-7H2,1-2H3,(H,24,25)/t13?,15-,17-/m1/s1. The quantitative estimate of drug-likeness (QED) is 0.481. The fraction of sp³-hybridized carbons (Fsp3) is 0.389. The molecule has 3 atom stereocenters. The molecule has 0 aliphatic carbocycles. The predicted octanol–water partition coefficient (Wildman–Crippen LogP) is 1.42. The zero-order chi connectivity index (χ0) is 22.4. The zero-order valence-electron chi connectivity index (χ0n) is 15.8. The molecule has 0 radical (unpaired) electrons. The Kier molecular flexibility index (Phi) is 6.15. The van der Waals surface area contributed by atoms with E-state index >= 15 is 0 Å². The smallest absolute Gasteiger partial charge is 0.352 e. The monoisotopic (exact) mass is 477 g/mol. The predicted molar refractivity (Wildman–Crippen MR) is 106 cm³/mol. The Morgan fingerprint density at radius 1 is 1.23 bits per heavy atom. The van der Waals surface area contributed by atoms with Gasteiger partial charge in [-0.2, -0.15) is 0 Å². The topological polar surface area (TPSA) is 127 Å². The number of carboxylic acid groups (broad SMARTS) is 1. The number of β-lactam (4-membered cyclic amide) rings is 1. The lowest BCUT2D eigenvalue weighted by molar-refractivity contribution is -0.163. The molecule has 12 heteroatoms. The van der Waals surface area contributed by atoms with Crippen molar-refractivity contribution in [1.82, 2.24) is 4.90 Å². The van der Waals surface area contributed by atoms with E-state index in [1.807, 2.05) is 0 Å². The summed E-state index contributed by atoms with van der Waals surface area (Å²) in [5, 5.41) is 7.33. The number of halogens is 2. The molecule has 9 nitrogen and oxygen atoms in total. The third-order valence-corrected chi connectivity index (χ3v) is 8.07. The van der Waals surface area contributed by atoms with Gasteiger partial charge in [0.2, 0.25) is 0 Å². The van der Waals surface area contributed by atoms with E-state index in [1.165, 1.54) is 19.2 Å². The molecule has 3 rings (SSSR count). The van der Waals surface area contributed by atoms with Crippen LogP contribution in [0, 0.1) is 0 Å². The molecular formula is C18H17Cl2NO8S. The van der Waals surface area contributed by atoms with Crippen LogP contribution in [0.5, 0.6) is 0 Å². The number of carbonyl (C=O) groups is 3. The Bertz CT molecular complexity index is 1070. The van der Waals surface area contributed by atoms with Crippen LogP contribution in [0.4, 0.5) is 0 Å². The first-order valence-corrected chi connectivity index (χ1v) is 11.0. The second-order valence-electron chi connectivity index (χ2n) is 6.74. The number of hydrogen-bond donors (Lipinski definition) is 1. The number of methoxy groups -OCH3 is 1. The van der Waals surface area contributed by atoms with Gasteiger partial charge in [0.15, 0.2) is 21.3 Å². The van der Waals surface area contributed by atoms with Crippen LogP contribution in [-0.4, -0.2) is 66.7 Å². The molecule has 1 unspecified atom stereocenters. The number of carbonyl (C=O) groups excluding carboxylic acids is 2. The number of nitrogens with zero attached hydrogens (tertiary/aromatic N) is 1. The number of ether oxygens (including phenoxy) is 2. The van der Waals surface area contributed by atoms with E-state index in [0.717, 1.165) is 6.92 Å². The van der Waals surface area contributed by atoms with Crippen molar-refractivity contribution >= 4 is 50.9 Å². The molecule has 2 aliphatic heterocycles. The minimum absolute atomic E-state index is 0.165. The number of amides is 1. The molecule has 1 aromatic carbocycles. The van der Waals surface area contributed by atoms with Crippen LogP contribution in [-0.2, 0) is 40.1 Å². The summed E-state index contributed by atoms with van der Waals surface area (Å²) < 4.78 is 36.6. The van der Waals surface area contributed by atoms with Crippen molar-refractivity contribution in [3.8, 4) is 0 Å². The lowest BCUT2D eigenvalue weighted by atomic mass is 9.98. The van der Waals surface area contributed by atoms with Gasteiger partial charge >= 0.3 is 11.9 Å². The number of esters is 1. The molecule has 1 fully saturated rings. The Hall–Kier alpha value is -2.14. The summed E-state index contributed by atoms with van der Waals surface area (Å²) in [7, 11) is -2.98. The van der Waals surface area contributed by atoms with Gasteiger partial charge in [-0.05, 0) is 24.1 Å². The number of hydrogen-bond acceptors (Lipinski definition) is 7. The maximum Gasteiger partial charge on any atom is 0.352 e. The first kappa shape index (κ1) is 22.5. The Balaban J connectivity index is 2.16. The van der Waals surface area contributed by atoms with E-state index < -0.39 is 56.7 Å². The van der Waals surface area contributed by atoms with Crippen molar-refractivity contribution in [3.05, 3.63) is 45.1 Å². The maximum absolute atomic E-state index is 13.4. The van der Waals surface area contributed by atoms with Gasteiger partial charge in [-0.15, -0.1) is 0 Å². The Morgan fingerprint density at radius 3 is 2.43 bits per heavy atom. The van der Waals surface area contributed by atoms with Gasteiger partial charge in [0.1, 0.15) is 12.3 Å². The van der Waals surface area contributed by atoms with Gasteiger partial charge in [0, 0.05) is 19.6 Å². The third kappa shape index (κ3) is 3.68. The molecule has 30 heavy (non-hydrogen) atoms. The number of sulfone groups is 1. The molecule has 162 valence electrons. The van der Waals surface area contributed by atoms with Crippen molar-refractivity contribution in [2.24, 2.45) is 0 Å². The van der Waals surface area contributed by atoms with Crippen molar-refractivity contribution in [1.29, 1.82) is 0 Å². The van der Waals surface area contributed by atoms with Crippen molar-refractivity contribution in [2.75, 3.05) is 13.7 Å². The van der Waals surface area contributed by atoms with Gasteiger partial charge in [-0.3, -0.25) is 14.5 Å². The van der Waals surface area contributed by atoms with Gasteiger partial charge in [-0.1, -0.05) is 29.3 Å². The molecule has 1 N–H and O–H groups in total. The first-order valence-electron chi connectivity index (χ1n) is 8.62. The highest BCUT2D eigenvalue weighted by molar-refractivity contribution is 7.93. The number of carboxylic acids is 1. The fourth-order valence-corrected chi connectivity index (χ4v) is 6.32. The average molecular weight is 478 g/mol. The highest BCUT2D eigenvalue weighted by Gasteiger charge is 2.63. The molecule has 0 bridgehead atoms. The van der Waals surface area contributed by atoms with Crippen LogP contribution < -0.4 is 0 Å². The van der Waals surface area contributed by atoms with Crippen LogP contribution in [0.2, 0.25) is 10.0 Å². The van der Waals surface area contributed by atoms with E-state index in [-0.39, 0.29) is 22.0 Å². The summed E-state index contributed by atoms with van der Waals surface area (Å²) in [4.78, 5) is 36.3. The number of benzene rings is 1. The summed E-state index contributed by atoms with van der Waals surface area (Å²) >= 11 is 11.9. The summed E-state index contributed by atoms with van der Waals surface area (Å²) in [6, 6.07) is 4.51. The molecular weight excluding hydrogens is 461 g/mol. The minimum Gasteiger partial charge on any atom is -0.477 e. The molecule has 0 saturated carbocycles. The maximum atomic E-state index is 13.4. The van der Waals surface area contributed by atoms with Gasteiger partial charge in [-0.25, -0.2) is 13.2 Å². The fourth-order valence-electron chi connectivity index (χ4n) is 3.59. The SMILES string of the molecule is CO[C@@H]1C(=O)N2C(C(=O)O)=C(COC(C)=O)C(Cc3ccc(Cl)c(Cl)c3)S(=O)(=O)[C@H]12. The van der Waals surface area contributed by atoms with E-state index in [9.17, 15) is 27.9 Å². The second kappa shape index (κ2) is 8.18. The summed E-state index contributed by atoms with van der Waals surface area (Å²) in [5.74, 6) is -3.04. The summed E-state index contributed by atoms with van der Waals surface area (Å²) in [6.45, 7) is 0.501. The van der Waals surface area contributed by atoms with Crippen LogP contribution in [0.25, 0.3) is 0 Å². The normalized spacial score (nSPS) is 24.9. The lowest BCUT2D eigenvalue weighted by Crippen LogP contribution is -2.72. The summed E-state index contributed by atoms with van der Waals surface area (Å²) in [6.07, 6.45) is -1.49. The molecule has 0 spiro atoms. The van der Waals surface area contributed by atoms with Crippen molar-refractivity contribution < 1.29 is 37.4 Å². The Morgan fingerprint density at radius 2 is 1.90 bits per heavy atom. The second-order valence-corrected chi connectivity index (χ2v) is 9.79.